The zero-order chi connectivity index (χ0) is 15.3. The van der Waals surface area contributed by atoms with Crippen molar-refractivity contribution in [3.63, 3.8) is 0 Å². The first-order valence-electron chi connectivity index (χ1n) is 7.61. The Bertz CT molecular complexity index is 342. The Kier molecular flexibility index (Phi) is 6.48. The van der Waals surface area contributed by atoms with Crippen molar-refractivity contribution in [3.8, 4) is 0 Å². The second kappa shape index (κ2) is 7.71. The van der Waals surface area contributed by atoms with E-state index in [1.165, 1.54) is 0 Å². The highest BCUT2D eigenvalue weighted by Gasteiger charge is 2.45. The fraction of sp³-hybridized carbons (Fsp3) is 1.00. The first-order chi connectivity index (χ1) is 9.86. The fourth-order valence-corrected chi connectivity index (χ4v) is 6.19. The molecule has 124 valence electrons. The molecular formula is C13H22F3O3PS. The van der Waals surface area contributed by atoms with E-state index in [0.717, 1.165) is 38.5 Å². The third-order valence-corrected chi connectivity index (χ3v) is 7.23. The molecule has 0 aromatic rings. The van der Waals surface area contributed by atoms with Crippen LogP contribution in [0.25, 0.3) is 0 Å². The minimum atomic E-state index is -4.61. The van der Waals surface area contributed by atoms with E-state index in [2.05, 4.69) is 0 Å². The summed E-state index contributed by atoms with van der Waals surface area (Å²) in [4.78, 5) is 0. The van der Waals surface area contributed by atoms with Gasteiger partial charge in [0, 0.05) is 0 Å². The van der Waals surface area contributed by atoms with E-state index in [1.807, 2.05) is 0 Å². The summed E-state index contributed by atoms with van der Waals surface area (Å²) in [6.45, 7) is -4.19. The van der Waals surface area contributed by atoms with Gasteiger partial charge in [-0.05, 0) is 25.7 Å². The molecule has 0 heterocycles. The van der Waals surface area contributed by atoms with Crippen molar-refractivity contribution in [1.82, 2.24) is 0 Å². The largest absolute Gasteiger partial charge is 0.452 e. The molecule has 0 N–H and O–H groups in total. The van der Waals surface area contributed by atoms with Gasteiger partial charge < -0.3 is 0 Å². The quantitative estimate of drug-likeness (QED) is 0.568. The molecule has 0 aromatic carbocycles. The van der Waals surface area contributed by atoms with Crippen LogP contribution in [0.5, 0.6) is 0 Å². The molecule has 2 rings (SSSR count). The Hall–Kier alpha value is 0.290. The van der Waals surface area contributed by atoms with Crippen LogP contribution >= 0.6 is 18.2 Å². The summed E-state index contributed by atoms with van der Waals surface area (Å²) in [6, 6.07) is 0. The van der Waals surface area contributed by atoms with Gasteiger partial charge in [-0.1, -0.05) is 38.5 Å². The van der Waals surface area contributed by atoms with Crippen molar-refractivity contribution < 1.29 is 26.8 Å². The van der Waals surface area contributed by atoms with Crippen molar-refractivity contribution in [2.45, 2.75) is 81.9 Å². The standard InChI is InChI=1S/C13H22F3O3PS/c14-13(15,16)21-20(17,18-11-7-3-1-4-8-11)19-12-9-5-2-6-10-12/h11-12H,1-10H2. The van der Waals surface area contributed by atoms with Crippen molar-refractivity contribution in [2.75, 3.05) is 0 Å². The zero-order valence-corrected chi connectivity index (χ0v) is 13.7. The van der Waals surface area contributed by atoms with Crippen molar-refractivity contribution in [1.29, 1.82) is 0 Å². The summed E-state index contributed by atoms with van der Waals surface area (Å²) in [5.41, 5.74) is -4.61. The maximum Gasteiger partial charge on any atom is 0.452 e. The number of halogens is 3. The predicted octanol–water partition coefficient (Wildman–Crippen LogP) is 6.05. The minimum Gasteiger partial charge on any atom is -0.297 e. The molecule has 0 amide bonds. The first kappa shape index (κ1) is 17.6. The molecule has 0 radical (unpaired) electrons. The van der Waals surface area contributed by atoms with Gasteiger partial charge in [0.1, 0.15) is 0 Å². The molecule has 2 aliphatic rings. The van der Waals surface area contributed by atoms with Crippen LogP contribution in [0.2, 0.25) is 0 Å². The summed E-state index contributed by atoms with van der Waals surface area (Å²) in [7, 11) is 0. The molecule has 8 heteroatoms. The number of rotatable bonds is 5. The van der Waals surface area contributed by atoms with E-state index in [4.69, 9.17) is 9.05 Å². The van der Waals surface area contributed by atoms with Crippen molar-refractivity contribution >= 4 is 18.2 Å². The topological polar surface area (TPSA) is 35.5 Å². The Morgan fingerprint density at radius 2 is 1.19 bits per heavy atom. The van der Waals surface area contributed by atoms with E-state index < -0.39 is 23.7 Å². The summed E-state index contributed by atoms with van der Waals surface area (Å²) >= 11 is -0.597. The third-order valence-electron chi connectivity index (χ3n) is 3.88. The Morgan fingerprint density at radius 1 is 0.810 bits per heavy atom. The smallest absolute Gasteiger partial charge is 0.297 e. The highest BCUT2D eigenvalue weighted by Crippen LogP contribution is 2.68. The van der Waals surface area contributed by atoms with Crippen LogP contribution in [0.1, 0.15) is 64.2 Å². The van der Waals surface area contributed by atoms with Gasteiger partial charge in [-0.2, -0.15) is 13.2 Å². The van der Waals surface area contributed by atoms with E-state index in [-0.39, 0.29) is 12.2 Å². The molecule has 0 aliphatic heterocycles. The van der Waals surface area contributed by atoms with Gasteiger partial charge in [-0.3, -0.25) is 9.05 Å². The van der Waals surface area contributed by atoms with Crippen LogP contribution in [-0.2, 0) is 13.6 Å². The lowest BCUT2D eigenvalue weighted by Gasteiger charge is -2.30. The van der Waals surface area contributed by atoms with E-state index in [0.29, 0.717) is 25.7 Å². The molecule has 3 nitrogen and oxygen atoms in total. The molecule has 0 saturated heterocycles. The normalized spacial score (nSPS) is 23.4. The third kappa shape index (κ3) is 6.51. The predicted molar refractivity (Wildman–Crippen MR) is 77.2 cm³/mol. The Morgan fingerprint density at radius 3 is 1.52 bits per heavy atom. The molecule has 2 saturated carbocycles. The number of hydrogen-bond donors (Lipinski definition) is 0. The van der Waals surface area contributed by atoms with E-state index >= 15 is 0 Å². The Labute approximate surface area is 127 Å². The molecule has 0 unspecified atom stereocenters. The van der Waals surface area contributed by atoms with Crippen LogP contribution in [-0.4, -0.2) is 17.7 Å². The second-order valence-electron chi connectivity index (χ2n) is 5.72. The van der Waals surface area contributed by atoms with E-state index in [9.17, 15) is 17.7 Å². The lowest BCUT2D eigenvalue weighted by molar-refractivity contribution is -0.0323. The van der Waals surface area contributed by atoms with Gasteiger partial charge in [0.25, 0.3) is 0 Å². The number of alkyl halides is 3. The van der Waals surface area contributed by atoms with Gasteiger partial charge in [0.2, 0.25) is 0 Å². The van der Waals surface area contributed by atoms with Crippen LogP contribution in [0.15, 0.2) is 0 Å². The van der Waals surface area contributed by atoms with Gasteiger partial charge >= 0.3 is 12.3 Å². The lowest BCUT2D eigenvalue weighted by Crippen LogP contribution is -2.20. The zero-order valence-electron chi connectivity index (χ0n) is 11.9. The van der Waals surface area contributed by atoms with Crippen LogP contribution in [0, 0.1) is 0 Å². The van der Waals surface area contributed by atoms with Crippen LogP contribution in [0.4, 0.5) is 13.2 Å². The van der Waals surface area contributed by atoms with Gasteiger partial charge in [-0.15, -0.1) is 0 Å². The minimum absolute atomic E-state index is 0.372. The molecule has 21 heavy (non-hydrogen) atoms. The highest BCUT2D eigenvalue weighted by molar-refractivity contribution is 8.55. The van der Waals surface area contributed by atoms with Crippen LogP contribution < -0.4 is 0 Å². The second-order valence-corrected chi connectivity index (χ2v) is 9.57. The lowest BCUT2D eigenvalue weighted by atomic mass is 9.98. The molecule has 0 bridgehead atoms. The Balaban J connectivity index is 1.99. The summed E-state index contributed by atoms with van der Waals surface area (Å²) in [6.07, 6.45) is 7.65. The van der Waals surface area contributed by atoms with Crippen molar-refractivity contribution in [3.05, 3.63) is 0 Å². The van der Waals surface area contributed by atoms with Crippen LogP contribution in [0.3, 0.4) is 0 Å². The average Bonchev–Trinajstić information content (AvgIpc) is 2.38. The summed E-state index contributed by atoms with van der Waals surface area (Å²) in [5.74, 6) is 0. The maximum absolute atomic E-state index is 12.7. The molecule has 2 aliphatic carbocycles. The molecular weight excluding hydrogens is 324 g/mol. The monoisotopic (exact) mass is 346 g/mol. The van der Waals surface area contributed by atoms with Crippen molar-refractivity contribution in [2.24, 2.45) is 0 Å². The first-order valence-corrected chi connectivity index (χ1v) is 10.6. The number of hydrogen-bond acceptors (Lipinski definition) is 4. The van der Waals surface area contributed by atoms with E-state index in [1.54, 1.807) is 0 Å². The van der Waals surface area contributed by atoms with Gasteiger partial charge in [-0.25, -0.2) is 4.57 Å². The highest BCUT2D eigenvalue weighted by atomic mass is 32.7. The summed E-state index contributed by atoms with van der Waals surface area (Å²) in [5, 5.41) is 0. The molecule has 0 spiro atoms. The molecule has 0 atom stereocenters. The SMILES string of the molecule is O=P(OC1CCCCC1)(OC1CCCCC1)SC(F)(F)F. The molecule has 2 fully saturated rings. The fourth-order valence-electron chi connectivity index (χ4n) is 2.90. The summed E-state index contributed by atoms with van der Waals surface area (Å²) < 4.78 is 61.3. The van der Waals surface area contributed by atoms with Gasteiger partial charge in [0.15, 0.2) is 0 Å². The molecule has 0 aromatic heterocycles. The average molecular weight is 346 g/mol. The maximum atomic E-state index is 12.7. The van der Waals surface area contributed by atoms with Gasteiger partial charge in [0.05, 0.1) is 23.6 Å².